The van der Waals surface area contributed by atoms with Gasteiger partial charge in [-0.05, 0) is 41.0 Å². The van der Waals surface area contributed by atoms with Crippen LogP contribution in [0.1, 0.15) is 18.1 Å². The van der Waals surface area contributed by atoms with Crippen molar-refractivity contribution in [2.75, 3.05) is 5.75 Å². The van der Waals surface area contributed by atoms with Gasteiger partial charge in [-0.15, -0.1) is 10.2 Å². The Morgan fingerprint density at radius 2 is 1.72 bits per heavy atom. The molecule has 5 nitrogen and oxygen atoms in total. The van der Waals surface area contributed by atoms with Crippen molar-refractivity contribution in [1.82, 2.24) is 15.6 Å². The second kappa shape index (κ2) is 11.0. The highest BCUT2D eigenvalue weighted by Crippen LogP contribution is 2.32. The average Bonchev–Trinajstić information content (AvgIpc) is 3.28. The zero-order valence-electron chi connectivity index (χ0n) is 17.1. The minimum Gasteiger partial charge on any atom is -0.272 e. The second-order valence-electron chi connectivity index (χ2n) is 6.79. The molecule has 0 spiro atoms. The van der Waals surface area contributed by atoms with Gasteiger partial charge in [-0.25, -0.2) is 5.43 Å². The number of carbonyl (C=O) groups excluding carboxylic acids is 1. The average molecular weight is 499 g/mol. The number of benzene rings is 3. The van der Waals surface area contributed by atoms with E-state index in [0.717, 1.165) is 20.0 Å². The van der Waals surface area contributed by atoms with E-state index in [4.69, 9.17) is 11.6 Å². The maximum atomic E-state index is 12.1. The number of rotatable bonds is 8. The number of hydrogen-bond donors (Lipinski definition) is 1. The maximum Gasteiger partial charge on any atom is 0.250 e. The topological polar surface area (TPSA) is 67.2 Å². The summed E-state index contributed by atoms with van der Waals surface area (Å²) in [6.45, 7) is 1.83. The maximum absolute atomic E-state index is 12.1. The molecule has 32 heavy (non-hydrogen) atoms. The summed E-state index contributed by atoms with van der Waals surface area (Å²) < 4.78 is 1.65. The van der Waals surface area contributed by atoms with Crippen molar-refractivity contribution in [3.8, 4) is 0 Å². The Kier molecular flexibility index (Phi) is 7.81. The molecule has 162 valence electrons. The van der Waals surface area contributed by atoms with Crippen LogP contribution in [0.25, 0.3) is 10.8 Å². The summed E-state index contributed by atoms with van der Waals surface area (Å²) in [7, 11) is 0. The summed E-state index contributed by atoms with van der Waals surface area (Å²) in [4.78, 5) is 12.1. The molecule has 3 aromatic carbocycles. The van der Waals surface area contributed by atoms with Crippen LogP contribution in [0.15, 0.2) is 80.5 Å². The van der Waals surface area contributed by atoms with E-state index in [0.29, 0.717) is 10.7 Å². The van der Waals surface area contributed by atoms with Crippen LogP contribution >= 0.6 is 46.5 Å². The van der Waals surface area contributed by atoms with Gasteiger partial charge in [0.1, 0.15) is 0 Å². The van der Waals surface area contributed by atoms with Crippen molar-refractivity contribution >= 4 is 68.9 Å². The number of aromatic nitrogens is 2. The van der Waals surface area contributed by atoms with Crippen molar-refractivity contribution in [2.45, 2.75) is 21.4 Å². The number of hydrogen-bond acceptors (Lipinski definition) is 7. The number of thioether (sulfide) groups is 2. The molecule has 1 aromatic heterocycles. The van der Waals surface area contributed by atoms with Gasteiger partial charge < -0.3 is 0 Å². The molecular weight excluding hydrogens is 480 g/mol. The zero-order valence-corrected chi connectivity index (χ0v) is 20.3. The number of nitrogens with one attached hydrogen (secondary N) is 1. The summed E-state index contributed by atoms with van der Waals surface area (Å²) >= 11 is 10.4. The van der Waals surface area contributed by atoms with Crippen LogP contribution in [0.3, 0.4) is 0 Å². The molecule has 0 aliphatic carbocycles. The Morgan fingerprint density at radius 3 is 2.53 bits per heavy atom. The number of nitrogens with zero attached hydrogens (tertiary/aromatic N) is 3. The zero-order chi connectivity index (χ0) is 22.3. The van der Waals surface area contributed by atoms with Gasteiger partial charge in [-0.3, -0.25) is 4.79 Å². The standard InChI is InChI=1S/C23H19ClN4OS3/c1-15(16-9-11-19(24)12-10-16)25-26-21(29)14-31-23-28-27-22(32-23)30-13-18-7-4-6-17-5-2-3-8-20(17)18/h2-12H,13-14H2,1H3,(H,26,29). The van der Waals surface area contributed by atoms with Crippen LogP contribution < -0.4 is 5.43 Å². The van der Waals surface area contributed by atoms with Crippen LogP contribution in [-0.2, 0) is 10.5 Å². The fraction of sp³-hybridized carbons (Fsp3) is 0.130. The predicted octanol–water partition coefficient (Wildman–Crippen LogP) is 6.27. The molecule has 0 radical (unpaired) electrons. The fourth-order valence-corrected chi connectivity index (χ4v) is 5.88. The van der Waals surface area contributed by atoms with E-state index in [1.54, 1.807) is 23.9 Å². The third kappa shape index (κ3) is 6.10. The molecule has 0 saturated carbocycles. The van der Waals surface area contributed by atoms with Crippen LogP contribution in [0, 0.1) is 0 Å². The second-order valence-corrected chi connectivity index (χ2v) is 10.6. The Morgan fingerprint density at radius 1 is 1.00 bits per heavy atom. The molecule has 9 heteroatoms. The van der Waals surface area contributed by atoms with Crippen LogP contribution in [0.2, 0.25) is 5.02 Å². The fourth-order valence-electron chi connectivity index (χ4n) is 2.93. The highest BCUT2D eigenvalue weighted by Gasteiger charge is 2.10. The van der Waals surface area contributed by atoms with E-state index >= 15 is 0 Å². The molecule has 0 aliphatic rings. The molecule has 0 bridgehead atoms. The van der Waals surface area contributed by atoms with E-state index in [2.05, 4.69) is 57.1 Å². The number of hydrazone groups is 1. The molecular formula is C23H19ClN4OS3. The molecule has 1 N–H and O–H groups in total. The lowest BCUT2D eigenvalue weighted by molar-refractivity contribution is -0.118. The highest BCUT2D eigenvalue weighted by molar-refractivity contribution is 8.03. The number of halogens is 1. The largest absolute Gasteiger partial charge is 0.272 e. The van der Waals surface area contributed by atoms with Gasteiger partial charge in [0.05, 0.1) is 11.5 Å². The Labute approximate surface area is 203 Å². The quantitative estimate of drug-likeness (QED) is 0.176. The lowest BCUT2D eigenvalue weighted by Crippen LogP contribution is -2.21. The predicted molar refractivity (Wildman–Crippen MR) is 136 cm³/mol. The summed E-state index contributed by atoms with van der Waals surface area (Å²) in [6.07, 6.45) is 0. The first-order chi connectivity index (χ1) is 15.6. The molecule has 0 unspecified atom stereocenters. The van der Waals surface area contributed by atoms with Crippen molar-refractivity contribution < 1.29 is 4.79 Å². The lowest BCUT2D eigenvalue weighted by Gasteiger charge is -2.04. The van der Waals surface area contributed by atoms with E-state index in [1.165, 1.54) is 39.4 Å². The minimum absolute atomic E-state index is 0.191. The minimum atomic E-state index is -0.191. The molecule has 4 rings (SSSR count). The molecule has 0 atom stereocenters. The Balaban J connectivity index is 1.27. The molecule has 0 fully saturated rings. The monoisotopic (exact) mass is 498 g/mol. The van der Waals surface area contributed by atoms with E-state index < -0.39 is 0 Å². The first kappa shape index (κ1) is 22.8. The first-order valence-electron chi connectivity index (χ1n) is 9.73. The van der Waals surface area contributed by atoms with Gasteiger partial charge in [0.15, 0.2) is 8.68 Å². The van der Waals surface area contributed by atoms with Gasteiger partial charge in [-0.1, -0.05) is 101 Å². The summed E-state index contributed by atoms with van der Waals surface area (Å²) in [5.41, 5.74) is 5.47. The summed E-state index contributed by atoms with van der Waals surface area (Å²) in [6, 6.07) is 22.0. The molecule has 0 aliphatic heterocycles. The molecule has 1 heterocycles. The third-order valence-electron chi connectivity index (χ3n) is 4.56. The number of carbonyl (C=O) groups is 1. The van der Waals surface area contributed by atoms with Crippen LogP contribution in [0.4, 0.5) is 0 Å². The number of fused-ring (bicyclic) bond motifs is 1. The molecule has 1 amide bonds. The van der Waals surface area contributed by atoms with Gasteiger partial charge in [0, 0.05) is 10.8 Å². The smallest absolute Gasteiger partial charge is 0.250 e. The SMILES string of the molecule is CC(=NNC(=O)CSc1nnc(SCc2cccc3ccccc23)s1)c1ccc(Cl)cc1. The molecule has 0 saturated heterocycles. The number of amides is 1. The Hall–Kier alpha value is -2.39. The van der Waals surface area contributed by atoms with Crippen LogP contribution in [-0.4, -0.2) is 27.6 Å². The third-order valence-corrected chi connectivity index (χ3v) is 8.05. The van der Waals surface area contributed by atoms with Gasteiger partial charge in [0.2, 0.25) is 0 Å². The van der Waals surface area contributed by atoms with E-state index in [-0.39, 0.29) is 11.7 Å². The summed E-state index contributed by atoms with van der Waals surface area (Å²) in [5.74, 6) is 0.850. The van der Waals surface area contributed by atoms with Gasteiger partial charge in [-0.2, -0.15) is 5.10 Å². The van der Waals surface area contributed by atoms with E-state index in [1.807, 2.05) is 25.1 Å². The highest BCUT2D eigenvalue weighted by atomic mass is 35.5. The normalized spacial score (nSPS) is 11.6. The van der Waals surface area contributed by atoms with Crippen molar-refractivity contribution in [3.05, 3.63) is 82.9 Å². The molecule has 4 aromatic rings. The Bertz CT molecular complexity index is 1250. The van der Waals surface area contributed by atoms with E-state index in [9.17, 15) is 4.79 Å². The van der Waals surface area contributed by atoms with Crippen molar-refractivity contribution in [3.63, 3.8) is 0 Å². The summed E-state index contributed by atoms with van der Waals surface area (Å²) in [5, 5.41) is 15.8. The van der Waals surface area contributed by atoms with Gasteiger partial charge >= 0.3 is 0 Å². The van der Waals surface area contributed by atoms with Crippen molar-refractivity contribution in [2.24, 2.45) is 5.10 Å². The lowest BCUT2D eigenvalue weighted by atomic mass is 10.1. The first-order valence-corrected chi connectivity index (χ1v) is 12.9. The van der Waals surface area contributed by atoms with Crippen molar-refractivity contribution in [1.29, 1.82) is 0 Å². The van der Waals surface area contributed by atoms with Gasteiger partial charge in [0.25, 0.3) is 5.91 Å². The van der Waals surface area contributed by atoms with Crippen LogP contribution in [0.5, 0.6) is 0 Å².